The summed E-state index contributed by atoms with van der Waals surface area (Å²) in [6, 6.07) is 16.0. The van der Waals surface area contributed by atoms with Gasteiger partial charge in [0.25, 0.3) is 0 Å². The normalized spacial score (nSPS) is 12.0. The number of amides is 1. The molecule has 0 bridgehead atoms. The van der Waals surface area contributed by atoms with Crippen molar-refractivity contribution in [3.8, 4) is 17.1 Å². The van der Waals surface area contributed by atoms with Crippen LogP contribution in [0.3, 0.4) is 0 Å². The van der Waals surface area contributed by atoms with Crippen molar-refractivity contribution < 1.29 is 31.1 Å². The van der Waals surface area contributed by atoms with Crippen molar-refractivity contribution in [1.29, 1.82) is 0 Å². The van der Waals surface area contributed by atoms with Crippen molar-refractivity contribution in [2.75, 3.05) is 11.1 Å². The number of nitrogens with zero attached hydrogens (tertiary/aromatic N) is 3. The molecule has 4 aromatic rings. The molecule has 1 aromatic heterocycles. The highest BCUT2D eigenvalue weighted by atomic mass is 32.2. The molecule has 0 atom stereocenters. The number of hydrogen-bond donors (Lipinski definition) is 1. The topological polar surface area (TPSA) is 59.8 Å². The number of aryl methyl sites for hydroxylation is 2. The van der Waals surface area contributed by atoms with Gasteiger partial charge in [0, 0.05) is 16.9 Å². The Morgan fingerprint density at radius 2 is 1.47 bits per heavy atom. The fourth-order valence-corrected chi connectivity index (χ4v) is 4.37. The average Bonchev–Trinajstić information content (AvgIpc) is 3.26. The van der Waals surface area contributed by atoms with Crippen LogP contribution in [0, 0.1) is 13.8 Å². The van der Waals surface area contributed by atoms with Gasteiger partial charge in [-0.2, -0.15) is 26.3 Å². The summed E-state index contributed by atoms with van der Waals surface area (Å²) in [5.41, 5.74) is -0.140. The Bertz CT molecular complexity index is 1430. The third-order valence-electron chi connectivity index (χ3n) is 5.41. The standard InChI is InChI=1S/C26H20F6N4OS/c1-15-6-8-21(9-7-15)36-23(17-5-3-4-16(2)10-17)34-35-24(36)38-14-22(37)33-20-12-18(25(27,28)29)11-19(13-20)26(30,31)32/h3-13H,14H2,1-2H3,(H,33,37). The van der Waals surface area contributed by atoms with Gasteiger partial charge in [0.15, 0.2) is 11.0 Å². The molecule has 0 spiro atoms. The van der Waals surface area contributed by atoms with Gasteiger partial charge in [0.05, 0.1) is 16.9 Å². The molecular weight excluding hydrogens is 530 g/mol. The molecule has 3 aromatic carbocycles. The monoisotopic (exact) mass is 550 g/mol. The van der Waals surface area contributed by atoms with Crippen LogP contribution in [0.5, 0.6) is 0 Å². The molecule has 1 N–H and O–H groups in total. The maximum Gasteiger partial charge on any atom is 0.416 e. The molecule has 0 saturated heterocycles. The summed E-state index contributed by atoms with van der Waals surface area (Å²) in [6.07, 6.45) is -10.0. The van der Waals surface area contributed by atoms with Crippen LogP contribution in [0.2, 0.25) is 0 Å². The third-order valence-corrected chi connectivity index (χ3v) is 6.33. The number of hydrogen-bond acceptors (Lipinski definition) is 4. The second-order valence-electron chi connectivity index (χ2n) is 8.48. The van der Waals surface area contributed by atoms with Gasteiger partial charge in [-0.25, -0.2) is 0 Å². The summed E-state index contributed by atoms with van der Waals surface area (Å²) in [5, 5.41) is 10.9. The first-order valence-corrected chi connectivity index (χ1v) is 12.1. The molecule has 12 heteroatoms. The van der Waals surface area contributed by atoms with E-state index in [4.69, 9.17) is 0 Å². The molecule has 198 valence electrons. The lowest BCUT2D eigenvalue weighted by Gasteiger charge is -2.15. The number of benzene rings is 3. The maximum absolute atomic E-state index is 13.1. The molecule has 1 amide bonds. The first-order valence-electron chi connectivity index (χ1n) is 11.1. The molecule has 0 aliphatic rings. The summed E-state index contributed by atoms with van der Waals surface area (Å²) in [5.74, 6) is -0.638. The highest BCUT2D eigenvalue weighted by molar-refractivity contribution is 7.99. The Labute approximate surface area is 217 Å². The van der Waals surface area contributed by atoms with Gasteiger partial charge in [-0.15, -0.1) is 10.2 Å². The van der Waals surface area contributed by atoms with Crippen molar-refractivity contribution in [3.63, 3.8) is 0 Å². The highest BCUT2D eigenvalue weighted by Crippen LogP contribution is 2.37. The lowest BCUT2D eigenvalue weighted by Crippen LogP contribution is -2.17. The Kier molecular flexibility index (Phi) is 7.54. The quantitative estimate of drug-likeness (QED) is 0.202. The molecule has 4 rings (SSSR count). The number of thioether (sulfide) groups is 1. The molecule has 5 nitrogen and oxygen atoms in total. The van der Waals surface area contributed by atoms with E-state index in [-0.39, 0.29) is 11.8 Å². The fourth-order valence-electron chi connectivity index (χ4n) is 3.62. The lowest BCUT2D eigenvalue weighted by molar-refractivity contribution is -0.143. The number of halogens is 6. The Morgan fingerprint density at radius 3 is 2.05 bits per heavy atom. The third kappa shape index (κ3) is 6.36. The zero-order chi connectivity index (χ0) is 27.7. The van der Waals surface area contributed by atoms with E-state index in [0.717, 1.165) is 28.5 Å². The molecule has 0 fully saturated rings. The fraction of sp³-hybridized carbons (Fsp3) is 0.192. The van der Waals surface area contributed by atoms with Gasteiger partial charge < -0.3 is 5.32 Å². The largest absolute Gasteiger partial charge is 0.416 e. The van der Waals surface area contributed by atoms with E-state index >= 15 is 0 Å². The number of alkyl halides is 6. The van der Waals surface area contributed by atoms with Crippen LogP contribution >= 0.6 is 11.8 Å². The van der Waals surface area contributed by atoms with Crippen LogP contribution in [0.1, 0.15) is 22.3 Å². The van der Waals surface area contributed by atoms with Gasteiger partial charge in [-0.3, -0.25) is 9.36 Å². The highest BCUT2D eigenvalue weighted by Gasteiger charge is 2.37. The minimum atomic E-state index is -5.02. The lowest BCUT2D eigenvalue weighted by atomic mass is 10.1. The predicted octanol–water partition coefficient (Wildman–Crippen LogP) is 7.32. The molecule has 0 aliphatic carbocycles. The minimum Gasteiger partial charge on any atom is -0.325 e. The van der Waals surface area contributed by atoms with Crippen LogP contribution in [0.4, 0.5) is 32.0 Å². The van der Waals surface area contributed by atoms with Gasteiger partial charge in [-0.1, -0.05) is 53.2 Å². The van der Waals surface area contributed by atoms with Crippen molar-refractivity contribution in [2.24, 2.45) is 0 Å². The van der Waals surface area contributed by atoms with Crippen LogP contribution in [-0.4, -0.2) is 26.4 Å². The van der Waals surface area contributed by atoms with E-state index < -0.39 is 35.1 Å². The van der Waals surface area contributed by atoms with Crippen LogP contribution in [0.15, 0.2) is 71.9 Å². The van der Waals surface area contributed by atoms with Gasteiger partial charge in [0.2, 0.25) is 5.91 Å². The van der Waals surface area contributed by atoms with Crippen LogP contribution in [-0.2, 0) is 17.1 Å². The van der Waals surface area contributed by atoms with E-state index in [1.807, 2.05) is 62.4 Å². The van der Waals surface area contributed by atoms with E-state index in [1.165, 1.54) is 0 Å². The first-order chi connectivity index (χ1) is 17.8. The van der Waals surface area contributed by atoms with Crippen molar-refractivity contribution in [3.05, 3.63) is 89.0 Å². The molecule has 0 radical (unpaired) electrons. The Balaban J connectivity index is 1.60. The predicted molar refractivity (Wildman–Crippen MR) is 132 cm³/mol. The molecule has 0 saturated carbocycles. The molecule has 0 aliphatic heterocycles. The van der Waals surface area contributed by atoms with Gasteiger partial charge >= 0.3 is 12.4 Å². The second kappa shape index (κ2) is 10.5. The van der Waals surface area contributed by atoms with Gasteiger partial charge in [-0.05, 0) is 50.2 Å². The summed E-state index contributed by atoms with van der Waals surface area (Å²) in [4.78, 5) is 12.6. The van der Waals surface area contributed by atoms with Crippen LogP contribution < -0.4 is 5.32 Å². The van der Waals surface area contributed by atoms with Crippen molar-refractivity contribution >= 4 is 23.4 Å². The van der Waals surface area contributed by atoms with Crippen LogP contribution in [0.25, 0.3) is 17.1 Å². The number of carbonyl (C=O) groups excluding carboxylic acids is 1. The maximum atomic E-state index is 13.1. The van der Waals surface area contributed by atoms with Crippen molar-refractivity contribution in [2.45, 2.75) is 31.4 Å². The van der Waals surface area contributed by atoms with Gasteiger partial charge in [0.1, 0.15) is 0 Å². The number of aromatic nitrogens is 3. The SMILES string of the molecule is Cc1ccc(-n2c(SCC(=O)Nc3cc(C(F)(F)F)cc(C(F)(F)F)c3)nnc2-c2cccc(C)c2)cc1. The molecule has 38 heavy (non-hydrogen) atoms. The smallest absolute Gasteiger partial charge is 0.325 e. The minimum absolute atomic E-state index is 0.00127. The summed E-state index contributed by atoms with van der Waals surface area (Å²) >= 11 is 0.945. The zero-order valence-corrected chi connectivity index (χ0v) is 20.8. The van der Waals surface area contributed by atoms with E-state index in [1.54, 1.807) is 4.57 Å². The number of carbonyl (C=O) groups is 1. The number of rotatable bonds is 6. The van der Waals surface area contributed by atoms with Crippen molar-refractivity contribution in [1.82, 2.24) is 14.8 Å². The number of nitrogens with one attached hydrogen (secondary N) is 1. The number of anilines is 1. The summed E-state index contributed by atoms with van der Waals surface area (Å²) in [6.45, 7) is 3.85. The zero-order valence-electron chi connectivity index (χ0n) is 20.0. The molecular formula is C26H20F6N4OS. The second-order valence-corrected chi connectivity index (χ2v) is 9.42. The molecule has 0 unspecified atom stereocenters. The molecule has 1 heterocycles. The Morgan fingerprint density at radius 1 is 0.842 bits per heavy atom. The Hall–Kier alpha value is -3.80. The van der Waals surface area contributed by atoms with E-state index in [0.29, 0.717) is 28.8 Å². The van der Waals surface area contributed by atoms with E-state index in [2.05, 4.69) is 15.5 Å². The summed E-state index contributed by atoms with van der Waals surface area (Å²) in [7, 11) is 0. The summed E-state index contributed by atoms with van der Waals surface area (Å²) < 4.78 is 80.6. The average molecular weight is 551 g/mol. The van der Waals surface area contributed by atoms with E-state index in [9.17, 15) is 31.1 Å². The first kappa shape index (κ1) is 27.2.